The Labute approximate surface area is 183 Å². The Morgan fingerprint density at radius 2 is 1.65 bits per heavy atom. The highest BCUT2D eigenvalue weighted by Crippen LogP contribution is 2.35. The molecule has 1 heterocycles. The fraction of sp³-hybridized carbons (Fsp3) is 0.480. The van der Waals surface area contributed by atoms with Crippen LogP contribution in [0.5, 0.6) is 11.5 Å². The maximum Gasteiger partial charge on any atom is 0.251 e. The summed E-state index contributed by atoms with van der Waals surface area (Å²) in [5.74, 6) is 0.803. The Bertz CT molecular complexity index is 847. The molecule has 0 spiro atoms. The number of rotatable bonds is 10. The number of amides is 1. The van der Waals surface area contributed by atoms with Crippen LogP contribution < -0.4 is 14.8 Å². The van der Waals surface area contributed by atoms with Crippen LogP contribution in [0.4, 0.5) is 4.39 Å². The minimum Gasteiger partial charge on any atom is -0.490 e. The molecule has 1 fully saturated rings. The summed E-state index contributed by atoms with van der Waals surface area (Å²) in [5.41, 5.74) is 1.27. The van der Waals surface area contributed by atoms with E-state index in [0.29, 0.717) is 50.0 Å². The minimum absolute atomic E-state index is 0.170. The zero-order chi connectivity index (χ0) is 22.1. The second-order valence-corrected chi connectivity index (χ2v) is 7.94. The maximum atomic E-state index is 13.4. The first-order valence-electron chi connectivity index (χ1n) is 11.1. The Hall–Kier alpha value is -2.60. The first kappa shape index (κ1) is 23.1. The Kier molecular flexibility index (Phi) is 8.29. The molecule has 1 N–H and O–H groups in total. The van der Waals surface area contributed by atoms with Gasteiger partial charge in [0.1, 0.15) is 5.82 Å². The van der Waals surface area contributed by atoms with Crippen LogP contribution in [-0.4, -0.2) is 38.9 Å². The zero-order valence-electron chi connectivity index (χ0n) is 18.4. The normalized spacial score (nSPS) is 15.3. The third kappa shape index (κ3) is 5.97. The summed E-state index contributed by atoms with van der Waals surface area (Å²) in [6.07, 6.45) is 3.30. The van der Waals surface area contributed by atoms with E-state index in [9.17, 15) is 9.18 Å². The van der Waals surface area contributed by atoms with Gasteiger partial charge in [-0.05, 0) is 61.6 Å². The Morgan fingerprint density at radius 1 is 1.00 bits per heavy atom. The Morgan fingerprint density at radius 3 is 2.29 bits per heavy atom. The second kappa shape index (κ2) is 11.1. The highest BCUT2D eigenvalue weighted by Gasteiger charge is 2.35. The molecular formula is C25H32FNO4. The van der Waals surface area contributed by atoms with E-state index >= 15 is 0 Å². The van der Waals surface area contributed by atoms with Gasteiger partial charge in [-0.3, -0.25) is 4.79 Å². The van der Waals surface area contributed by atoms with Gasteiger partial charge < -0.3 is 19.5 Å². The van der Waals surface area contributed by atoms with Crippen molar-refractivity contribution in [3.05, 3.63) is 59.4 Å². The van der Waals surface area contributed by atoms with Crippen molar-refractivity contribution in [2.45, 2.75) is 44.9 Å². The highest BCUT2D eigenvalue weighted by atomic mass is 19.1. The lowest BCUT2D eigenvalue weighted by Gasteiger charge is -2.38. The van der Waals surface area contributed by atoms with Crippen molar-refractivity contribution in [2.75, 3.05) is 33.0 Å². The number of nitrogens with one attached hydrogen (secondary N) is 1. The smallest absolute Gasteiger partial charge is 0.251 e. The third-order valence-electron chi connectivity index (χ3n) is 5.62. The molecule has 0 saturated carbocycles. The molecule has 31 heavy (non-hydrogen) atoms. The topological polar surface area (TPSA) is 56.8 Å². The van der Waals surface area contributed by atoms with E-state index in [4.69, 9.17) is 14.2 Å². The molecule has 2 aromatic carbocycles. The van der Waals surface area contributed by atoms with Crippen molar-refractivity contribution >= 4 is 5.91 Å². The molecule has 0 aliphatic carbocycles. The number of hydrogen-bond donors (Lipinski definition) is 1. The van der Waals surface area contributed by atoms with Crippen molar-refractivity contribution < 1.29 is 23.4 Å². The molecule has 2 aromatic rings. The standard InChI is InChI=1S/C25H32FNO4/c1-3-13-30-22-10-5-19(17-23(22)31-14-4-2)24(28)27-18-25(11-15-29-16-12-25)20-6-8-21(26)9-7-20/h5-10,17H,3-4,11-16,18H2,1-2H3,(H,27,28). The number of carbonyl (C=O) groups excluding carboxylic acids is 1. The van der Waals surface area contributed by atoms with E-state index in [1.54, 1.807) is 18.2 Å². The van der Waals surface area contributed by atoms with Gasteiger partial charge >= 0.3 is 0 Å². The number of benzene rings is 2. The molecule has 0 aromatic heterocycles. The van der Waals surface area contributed by atoms with Gasteiger partial charge in [0, 0.05) is 30.7 Å². The van der Waals surface area contributed by atoms with Gasteiger partial charge in [-0.1, -0.05) is 26.0 Å². The lowest BCUT2D eigenvalue weighted by atomic mass is 9.74. The van der Waals surface area contributed by atoms with Gasteiger partial charge in [0.15, 0.2) is 11.5 Å². The van der Waals surface area contributed by atoms with E-state index in [1.165, 1.54) is 12.1 Å². The van der Waals surface area contributed by atoms with E-state index in [0.717, 1.165) is 31.2 Å². The highest BCUT2D eigenvalue weighted by molar-refractivity contribution is 5.95. The number of ether oxygens (including phenoxy) is 3. The van der Waals surface area contributed by atoms with Gasteiger partial charge in [-0.25, -0.2) is 4.39 Å². The van der Waals surface area contributed by atoms with Crippen molar-refractivity contribution in [2.24, 2.45) is 0 Å². The van der Waals surface area contributed by atoms with Crippen LogP contribution >= 0.6 is 0 Å². The van der Waals surface area contributed by atoms with Gasteiger partial charge in [-0.2, -0.15) is 0 Å². The molecule has 1 aliphatic rings. The van der Waals surface area contributed by atoms with Gasteiger partial charge in [0.05, 0.1) is 13.2 Å². The summed E-state index contributed by atoms with van der Waals surface area (Å²) in [7, 11) is 0. The van der Waals surface area contributed by atoms with Gasteiger partial charge in [0.25, 0.3) is 5.91 Å². The summed E-state index contributed by atoms with van der Waals surface area (Å²) in [5, 5.41) is 3.08. The van der Waals surface area contributed by atoms with Crippen LogP contribution in [0.2, 0.25) is 0 Å². The van der Waals surface area contributed by atoms with Crippen LogP contribution in [-0.2, 0) is 10.2 Å². The van der Waals surface area contributed by atoms with E-state index < -0.39 is 0 Å². The second-order valence-electron chi connectivity index (χ2n) is 7.94. The van der Waals surface area contributed by atoms with E-state index in [2.05, 4.69) is 5.32 Å². The summed E-state index contributed by atoms with van der Waals surface area (Å²) in [6.45, 7) is 6.92. The number of hydrogen-bond acceptors (Lipinski definition) is 4. The van der Waals surface area contributed by atoms with E-state index in [1.807, 2.05) is 26.0 Å². The summed E-state index contributed by atoms with van der Waals surface area (Å²) >= 11 is 0. The van der Waals surface area contributed by atoms with Crippen molar-refractivity contribution in [1.82, 2.24) is 5.32 Å². The molecule has 1 amide bonds. The average Bonchev–Trinajstić information content (AvgIpc) is 2.81. The monoisotopic (exact) mass is 429 g/mol. The van der Waals surface area contributed by atoms with Crippen LogP contribution in [0.1, 0.15) is 55.5 Å². The van der Waals surface area contributed by atoms with Crippen molar-refractivity contribution in [3.8, 4) is 11.5 Å². The quantitative estimate of drug-likeness (QED) is 0.585. The molecule has 0 atom stereocenters. The molecule has 3 rings (SSSR count). The van der Waals surface area contributed by atoms with Crippen LogP contribution in [0.25, 0.3) is 0 Å². The molecule has 0 unspecified atom stereocenters. The van der Waals surface area contributed by atoms with Gasteiger partial charge in [-0.15, -0.1) is 0 Å². The van der Waals surface area contributed by atoms with Crippen LogP contribution in [0.3, 0.4) is 0 Å². The van der Waals surface area contributed by atoms with Crippen LogP contribution in [0.15, 0.2) is 42.5 Å². The van der Waals surface area contributed by atoms with Crippen LogP contribution in [0, 0.1) is 5.82 Å². The molecule has 0 radical (unpaired) electrons. The van der Waals surface area contributed by atoms with Crippen molar-refractivity contribution in [1.29, 1.82) is 0 Å². The minimum atomic E-state index is -0.271. The van der Waals surface area contributed by atoms with Crippen molar-refractivity contribution in [3.63, 3.8) is 0 Å². The molecule has 1 saturated heterocycles. The molecular weight excluding hydrogens is 397 g/mol. The fourth-order valence-corrected chi connectivity index (χ4v) is 3.79. The summed E-state index contributed by atoms with van der Waals surface area (Å²) in [6, 6.07) is 11.9. The molecule has 5 nitrogen and oxygen atoms in total. The first-order valence-corrected chi connectivity index (χ1v) is 11.1. The fourth-order valence-electron chi connectivity index (χ4n) is 3.79. The zero-order valence-corrected chi connectivity index (χ0v) is 18.4. The SMILES string of the molecule is CCCOc1ccc(C(=O)NCC2(c3ccc(F)cc3)CCOCC2)cc1OCCC. The largest absolute Gasteiger partial charge is 0.490 e. The lowest BCUT2D eigenvalue weighted by Crippen LogP contribution is -2.44. The predicted molar refractivity (Wildman–Crippen MR) is 118 cm³/mol. The number of carbonyl (C=O) groups is 1. The van der Waals surface area contributed by atoms with E-state index in [-0.39, 0.29) is 17.1 Å². The van der Waals surface area contributed by atoms with Gasteiger partial charge in [0.2, 0.25) is 0 Å². The average molecular weight is 430 g/mol. The summed E-state index contributed by atoms with van der Waals surface area (Å²) in [4.78, 5) is 13.0. The Balaban J connectivity index is 1.75. The lowest BCUT2D eigenvalue weighted by molar-refractivity contribution is 0.0487. The third-order valence-corrected chi connectivity index (χ3v) is 5.62. The first-order chi connectivity index (χ1) is 15.1. The predicted octanol–water partition coefficient (Wildman–Crippen LogP) is 4.88. The molecule has 6 heteroatoms. The molecule has 1 aliphatic heterocycles. The number of halogens is 1. The molecule has 168 valence electrons. The maximum absolute atomic E-state index is 13.4. The summed E-state index contributed by atoms with van der Waals surface area (Å²) < 4.78 is 30.5. The molecule has 0 bridgehead atoms.